The number of anilines is 1. The van der Waals surface area contributed by atoms with Crippen LogP contribution < -0.4 is 5.32 Å². The van der Waals surface area contributed by atoms with Gasteiger partial charge in [0, 0.05) is 22.8 Å². The van der Waals surface area contributed by atoms with Gasteiger partial charge in [-0.15, -0.1) is 0 Å². The quantitative estimate of drug-likeness (QED) is 0.781. The average Bonchev–Trinajstić information content (AvgIpc) is 2.81. The highest BCUT2D eigenvalue weighted by molar-refractivity contribution is 9.10. The lowest BCUT2D eigenvalue weighted by Crippen LogP contribution is -2.11. The number of nitrogens with one attached hydrogen (secondary N) is 1. The molecule has 1 aromatic heterocycles. The van der Waals surface area contributed by atoms with Crippen molar-refractivity contribution in [3.8, 4) is 0 Å². The van der Waals surface area contributed by atoms with Gasteiger partial charge in [-0.3, -0.25) is 4.79 Å². The number of hydrogen-bond donors (Lipinski definition) is 1. The third kappa shape index (κ3) is 2.44. The zero-order valence-corrected chi connectivity index (χ0v) is 12.4. The van der Waals surface area contributed by atoms with E-state index in [2.05, 4.69) is 26.2 Å². The highest BCUT2D eigenvalue weighted by atomic mass is 79.9. The predicted octanol–water partition coefficient (Wildman–Crippen LogP) is 3.59. The molecule has 0 aliphatic carbocycles. The Hall–Kier alpha value is -2.14. The van der Waals surface area contributed by atoms with Gasteiger partial charge in [0.2, 0.25) is 0 Å². The van der Waals surface area contributed by atoms with Crippen LogP contribution in [0.5, 0.6) is 0 Å². The number of hydrogen-bond acceptors (Lipinski definition) is 2. The molecule has 0 bridgehead atoms. The summed E-state index contributed by atoms with van der Waals surface area (Å²) in [6.45, 7) is 0. The van der Waals surface area contributed by atoms with Gasteiger partial charge in [-0.05, 0) is 42.5 Å². The van der Waals surface area contributed by atoms with E-state index in [1.54, 1.807) is 18.5 Å². The SMILES string of the molecule is Cn1cnc2cc(NC(=O)c3ccc(Br)cc3)ccc21. The number of nitrogens with zero attached hydrogens (tertiary/aromatic N) is 2. The summed E-state index contributed by atoms with van der Waals surface area (Å²) in [5, 5.41) is 2.88. The number of amides is 1. The van der Waals surface area contributed by atoms with Crippen molar-refractivity contribution in [3.05, 3.63) is 58.8 Å². The van der Waals surface area contributed by atoms with E-state index < -0.39 is 0 Å². The van der Waals surface area contributed by atoms with Crippen LogP contribution in [0.4, 0.5) is 5.69 Å². The van der Waals surface area contributed by atoms with Crippen LogP contribution >= 0.6 is 15.9 Å². The lowest BCUT2D eigenvalue weighted by Gasteiger charge is -2.05. The molecule has 0 saturated carbocycles. The van der Waals surface area contributed by atoms with Gasteiger partial charge < -0.3 is 9.88 Å². The minimum atomic E-state index is -0.132. The topological polar surface area (TPSA) is 46.9 Å². The number of aryl methyl sites for hydroxylation is 1. The van der Waals surface area contributed by atoms with Crippen molar-refractivity contribution >= 4 is 38.6 Å². The van der Waals surface area contributed by atoms with Crippen molar-refractivity contribution in [2.75, 3.05) is 5.32 Å². The van der Waals surface area contributed by atoms with E-state index in [-0.39, 0.29) is 5.91 Å². The first-order valence-corrected chi connectivity index (χ1v) is 6.91. The highest BCUT2D eigenvalue weighted by Gasteiger charge is 2.07. The second-order valence-electron chi connectivity index (χ2n) is 4.52. The Morgan fingerprint density at radius 2 is 1.95 bits per heavy atom. The second kappa shape index (κ2) is 5.09. The first-order chi connectivity index (χ1) is 9.63. The van der Waals surface area contributed by atoms with E-state index >= 15 is 0 Å². The fourth-order valence-electron chi connectivity index (χ4n) is 2.02. The molecule has 5 heteroatoms. The van der Waals surface area contributed by atoms with Crippen LogP contribution in [0.2, 0.25) is 0 Å². The largest absolute Gasteiger partial charge is 0.334 e. The lowest BCUT2D eigenvalue weighted by molar-refractivity contribution is 0.102. The Morgan fingerprint density at radius 3 is 2.70 bits per heavy atom. The number of halogens is 1. The molecule has 4 nitrogen and oxygen atoms in total. The molecular formula is C15H12BrN3O. The lowest BCUT2D eigenvalue weighted by atomic mass is 10.2. The normalized spacial score (nSPS) is 10.7. The summed E-state index contributed by atoms with van der Waals surface area (Å²) in [4.78, 5) is 16.4. The van der Waals surface area contributed by atoms with Crippen molar-refractivity contribution in [2.45, 2.75) is 0 Å². The van der Waals surface area contributed by atoms with Gasteiger partial charge in [-0.1, -0.05) is 15.9 Å². The number of carbonyl (C=O) groups is 1. The van der Waals surface area contributed by atoms with Gasteiger partial charge in [-0.2, -0.15) is 0 Å². The number of benzene rings is 2. The van der Waals surface area contributed by atoms with Crippen LogP contribution in [0.25, 0.3) is 11.0 Å². The Kier molecular flexibility index (Phi) is 3.28. The first kappa shape index (κ1) is 12.9. The van der Waals surface area contributed by atoms with Gasteiger partial charge in [0.15, 0.2) is 0 Å². The molecule has 0 saturated heterocycles. The Labute approximate surface area is 124 Å². The summed E-state index contributed by atoms with van der Waals surface area (Å²) >= 11 is 3.35. The van der Waals surface area contributed by atoms with Gasteiger partial charge in [0.1, 0.15) is 0 Å². The number of rotatable bonds is 2. The summed E-state index contributed by atoms with van der Waals surface area (Å²) in [7, 11) is 1.94. The molecule has 0 fully saturated rings. The van der Waals surface area contributed by atoms with Gasteiger partial charge in [-0.25, -0.2) is 4.98 Å². The van der Waals surface area contributed by atoms with E-state index in [1.807, 2.05) is 41.9 Å². The van der Waals surface area contributed by atoms with Crippen molar-refractivity contribution in [2.24, 2.45) is 7.05 Å². The molecular weight excluding hydrogens is 318 g/mol. The Balaban J connectivity index is 1.85. The van der Waals surface area contributed by atoms with Gasteiger partial charge in [0.25, 0.3) is 5.91 Å². The first-order valence-electron chi connectivity index (χ1n) is 6.11. The van der Waals surface area contributed by atoms with Crippen LogP contribution in [-0.2, 0) is 7.05 Å². The molecule has 100 valence electrons. The molecule has 0 atom stereocenters. The zero-order chi connectivity index (χ0) is 14.1. The summed E-state index contributed by atoms with van der Waals surface area (Å²) < 4.78 is 2.89. The van der Waals surface area contributed by atoms with Crippen molar-refractivity contribution in [1.82, 2.24) is 9.55 Å². The third-order valence-corrected chi connectivity index (χ3v) is 3.62. The number of carbonyl (C=O) groups excluding carboxylic acids is 1. The monoisotopic (exact) mass is 329 g/mol. The van der Waals surface area contributed by atoms with Crippen LogP contribution in [0.15, 0.2) is 53.3 Å². The van der Waals surface area contributed by atoms with Crippen molar-refractivity contribution in [3.63, 3.8) is 0 Å². The molecule has 0 spiro atoms. The maximum absolute atomic E-state index is 12.1. The average molecular weight is 330 g/mol. The molecule has 1 N–H and O–H groups in total. The maximum Gasteiger partial charge on any atom is 0.255 e. The van der Waals surface area contributed by atoms with Crippen LogP contribution in [0, 0.1) is 0 Å². The smallest absolute Gasteiger partial charge is 0.255 e. The van der Waals surface area contributed by atoms with Crippen molar-refractivity contribution < 1.29 is 4.79 Å². The van der Waals surface area contributed by atoms with E-state index in [0.717, 1.165) is 21.2 Å². The van der Waals surface area contributed by atoms with E-state index in [0.29, 0.717) is 5.56 Å². The summed E-state index contributed by atoms with van der Waals surface area (Å²) in [5.41, 5.74) is 3.26. The standard InChI is InChI=1S/C15H12BrN3O/c1-19-9-17-13-8-12(6-7-14(13)19)18-15(20)10-2-4-11(16)5-3-10/h2-9H,1H3,(H,18,20). The van der Waals surface area contributed by atoms with Gasteiger partial charge in [0.05, 0.1) is 17.4 Å². The minimum Gasteiger partial charge on any atom is -0.334 e. The zero-order valence-electron chi connectivity index (χ0n) is 10.8. The molecule has 1 amide bonds. The Morgan fingerprint density at radius 1 is 1.20 bits per heavy atom. The van der Waals surface area contributed by atoms with Crippen LogP contribution in [0.1, 0.15) is 10.4 Å². The molecule has 3 rings (SSSR count). The molecule has 0 unspecified atom stereocenters. The summed E-state index contributed by atoms with van der Waals surface area (Å²) in [5.74, 6) is -0.132. The molecule has 3 aromatic rings. The number of imidazole rings is 1. The molecule has 2 aromatic carbocycles. The highest BCUT2D eigenvalue weighted by Crippen LogP contribution is 2.18. The molecule has 0 aliphatic rings. The Bertz CT molecular complexity index is 777. The number of aromatic nitrogens is 2. The fourth-order valence-corrected chi connectivity index (χ4v) is 2.28. The van der Waals surface area contributed by atoms with E-state index in [9.17, 15) is 4.79 Å². The predicted molar refractivity (Wildman–Crippen MR) is 82.8 cm³/mol. The number of fused-ring (bicyclic) bond motifs is 1. The molecule has 1 heterocycles. The minimum absolute atomic E-state index is 0.132. The summed E-state index contributed by atoms with van der Waals surface area (Å²) in [6, 6.07) is 12.9. The molecule has 0 aliphatic heterocycles. The van der Waals surface area contributed by atoms with E-state index in [1.165, 1.54) is 0 Å². The molecule has 20 heavy (non-hydrogen) atoms. The van der Waals surface area contributed by atoms with Crippen LogP contribution in [0.3, 0.4) is 0 Å². The van der Waals surface area contributed by atoms with Crippen molar-refractivity contribution in [1.29, 1.82) is 0 Å². The fraction of sp³-hybridized carbons (Fsp3) is 0.0667. The van der Waals surface area contributed by atoms with E-state index in [4.69, 9.17) is 0 Å². The second-order valence-corrected chi connectivity index (χ2v) is 5.44. The van der Waals surface area contributed by atoms with Crippen LogP contribution in [-0.4, -0.2) is 15.5 Å². The third-order valence-electron chi connectivity index (χ3n) is 3.09. The summed E-state index contributed by atoms with van der Waals surface area (Å²) in [6.07, 6.45) is 1.75. The maximum atomic E-state index is 12.1. The van der Waals surface area contributed by atoms with Gasteiger partial charge >= 0.3 is 0 Å². The molecule has 0 radical (unpaired) electrons.